The maximum atomic E-state index is 12.6. The van der Waals surface area contributed by atoms with Gasteiger partial charge in [0.2, 0.25) is 5.91 Å². The number of carboxylic acids is 1. The van der Waals surface area contributed by atoms with E-state index in [-0.39, 0.29) is 12.5 Å². The van der Waals surface area contributed by atoms with Gasteiger partial charge in [0.05, 0.1) is 11.5 Å². The van der Waals surface area contributed by atoms with Crippen molar-refractivity contribution >= 4 is 11.9 Å². The van der Waals surface area contributed by atoms with Crippen molar-refractivity contribution in [2.24, 2.45) is 10.8 Å². The minimum absolute atomic E-state index is 0.153. The van der Waals surface area contributed by atoms with Gasteiger partial charge in [-0.05, 0) is 32.6 Å². The van der Waals surface area contributed by atoms with Gasteiger partial charge in [-0.3, -0.25) is 9.59 Å². The Morgan fingerprint density at radius 2 is 1.84 bits per heavy atom. The van der Waals surface area contributed by atoms with Gasteiger partial charge in [-0.25, -0.2) is 0 Å². The molecule has 5 heteroatoms. The van der Waals surface area contributed by atoms with Gasteiger partial charge in [0.25, 0.3) is 0 Å². The quantitative estimate of drug-likeness (QED) is 0.824. The van der Waals surface area contributed by atoms with E-state index in [1.54, 1.807) is 11.8 Å². The summed E-state index contributed by atoms with van der Waals surface area (Å²) < 4.78 is 0. The van der Waals surface area contributed by atoms with Crippen molar-refractivity contribution in [3.8, 4) is 6.07 Å². The molecule has 0 bridgehead atoms. The molecule has 1 saturated heterocycles. The number of aliphatic carboxylic acids is 1. The highest BCUT2D eigenvalue weighted by Gasteiger charge is 2.47. The first-order chi connectivity index (χ1) is 8.93. The van der Waals surface area contributed by atoms with E-state index in [4.69, 9.17) is 0 Å². The van der Waals surface area contributed by atoms with E-state index >= 15 is 0 Å². The van der Waals surface area contributed by atoms with Crippen LogP contribution >= 0.6 is 0 Å². The zero-order chi connectivity index (χ0) is 14.1. The summed E-state index contributed by atoms with van der Waals surface area (Å²) in [7, 11) is 0. The van der Waals surface area contributed by atoms with Crippen LogP contribution in [0.25, 0.3) is 0 Å². The summed E-state index contributed by atoms with van der Waals surface area (Å²) in [6.45, 7) is 2.48. The van der Waals surface area contributed by atoms with E-state index in [2.05, 4.69) is 6.07 Å². The van der Waals surface area contributed by atoms with E-state index in [1.807, 2.05) is 0 Å². The highest BCUT2D eigenvalue weighted by atomic mass is 16.4. The van der Waals surface area contributed by atoms with Crippen LogP contribution in [0, 0.1) is 22.2 Å². The monoisotopic (exact) mass is 264 g/mol. The lowest BCUT2D eigenvalue weighted by molar-refractivity contribution is -0.155. The lowest BCUT2D eigenvalue weighted by Crippen LogP contribution is -2.52. The van der Waals surface area contributed by atoms with Gasteiger partial charge in [-0.15, -0.1) is 0 Å². The number of carbonyl (C=O) groups excluding carboxylic acids is 1. The van der Waals surface area contributed by atoms with Crippen LogP contribution in [0.1, 0.15) is 45.4 Å². The Morgan fingerprint density at radius 3 is 2.37 bits per heavy atom. The van der Waals surface area contributed by atoms with Gasteiger partial charge in [0, 0.05) is 13.1 Å². The van der Waals surface area contributed by atoms with Crippen molar-refractivity contribution in [3.63, 3.8) is 0 Å². The first kappa shape index (κ1) is 13.9. The standard InChI is InChI=1S/C14H20N2O3/c1-13(12(18)19)5-4-8-16(10-13)11(17)14(9-15)6-2-3-7-14/h2-8,10H2,1H3,(H,18,19). The van der Waals surface area contributed by atoms with Crippen molar-refractivity contribution in [2.75, 3.05) is 13.1 Å². The van der Waals surface area contributed by atoms with E-state index < -0.39 is 16.8 Å². The predicted molar refractivity (Wildman–Crippen MR) is 68.1 cm³/mol. The van der Waals surface area contributed by atoms with Crippen LogP contribution in [-0.4, -0.2) is 35.0 Å². The Kier molecular flexibility index (Phi) is 3.53. The van der Waals surface area contributed by atoms with Crippen molar-refractivity contribution in [1.82, 2.24) is 4.90 Å². The van der Waals surface area contributed by atoms with Crippen LogP contribution in [0.2, 0.25) is 0 Å². The van der Waals surface area contributed by atoms with Gasteiger partial charge in [-0.1, -0.05) is 12.8 Å². The fourth-order valence-electron chi connectivity index (χ4n) is 3.24. The highest BCUT2D eigenvalue weighted by Crippen LogP contribution is 2.41. The molecular formula is C14H20N2O3. The maximum absolute atomic E-state index is 12.6. The number of amides is 1. The molecule has 2 rings (SSSR count). The van der Waals surface area contributed by atoms with Crippen LogP contribution in [0.3, 0.4) is 0 Å². The topological polar surface area (TPSA) is 81.4 Å². The largest absolute Gasteiger partial charge is 0.481 e. The van der Waals surface area contributed by atoms with Crippen molar-refractivity contribution in [3.05, 3.63) is 0 Å². The highest BCUT2D eigenvalue weighted by molar-refractivity contribution is 5.87. The number of nitrogens with zero attached hydrogens (tertiary/aromatic N) is 2. The van der Waals surface area contributed by atoms with Crippen LogP contribution in [0.4, 0.5) is 0 Å². The summed E-state index contributed by atoms with van der Waals surface area (Å²) in [6.07, 6.45) is 4.32. The fourth-order valence-corrected chi connectivity index (χ4v) is 3.24. The summed E-state index contributed by atoms with van der Waals surface area (Å²) in [5.74, 6) is -1.01. The van der Waals surface area contributed by atoms with Crippen LogP contribution < -0.4 is 0 Å². The minimum atomic E-state index is -0.892. The Morgan fingerprint density at radius 1 is 1.21 bits per heavy atom. The maximum Gasteiger partial charge on any atom is 0.311 e. The summed E-state index contributed by atoms with van der Waals surface area (Å²) in [6, 6.07) is 2.19. The normalized spacial score (nSPS) is 29.8. The number of carboxylic acid groups (broad SMARTS) is 1. The molecule has 2 fully saturated rings. The first-order valence-corrected chi connectivity index (χ1v) is 6.88. The Balaban J connectivity index is 2.16. The van der Waals surface area contributed by atoms with Gasteiger partial charge in [0.1, 0.15) is 5.41 Å². The molecule has 0 aromatic rings. The average Bonchev–Trinajstić information content (AvgIpc) is 2.87. The molecule has 1 heterocycles. The van der Waals surface area contributed by atoms with E-state index in [0.717, 1.165) is 12.8 Å². The molecule has 1 aliphatic heterocycles. The molecule has 2 aliphatic rings. The molecule has 1 N–H and O–H groups in total. The van der Waals surface area contributed by atoms with Crippen molar-refractivity contribution in [1.29, 1.82) is 5.26 Å². The lowest BCUT2D eigenvalue weighted by atomic mass is 9.79. The molecule has 0 radical (unpaired) electrons. The van der Waals surface area contributed by atoms with Crippen LogP contribution in [-0.2, 0) is 9.59 Å². The Hall–Kier alpha value is -1.57. The second-order valence-electron chi connectivity index (χ2n) is 6.10. The van der Waals surface area contributed by atoms with Gasteiger partial charge in [0.15, 0.2) is 0 Å². The fraction of sp³-hybridized carbons (Fsp3) is 0.786. The lowest BCUT2D eigenvalue weighted by Gasteiger charge is -2.40. The van der Waals surface area contributed by atoms with Gasteiger partial charge < -0.3 is 10.0 Å². The zero-order valence-electron chi connectivity index (χ0n) is 11.3. The summed E-state index contributed by atoms with van der Waals surface area (Å²) in [5, 5.41) is 18.6. The Labute approximate surface area is 113 Å². The summed E-state index contributed by atoms with van der Waals surface area (Å²) >= 11 is 0. The summed E-state index contributed by atoms with van der Waals surface area (Å²) in [5.41, 5.74) is -1.76. The molecule has 1 unspecified atom stereocenters. The third kappa shape index (κ3) is 2.32. The van der Waals surface area contributed by atoms with Crippen molar-refractivity contribution in [2.45, 2.75) is 45.4 Å². The number of hydrogen-bond donors (Lipinski definition) is 1. The van der Waals surface area contributed by atoms with Crippen LogP contribution in [0.15, 0.2) is 0 Å². The third-order valence-corrected chi connectivity index (χ3v) is 4.58. The molecule has 5 nitrogen and oxygen atoms in total. The van der Waals surface area contributed by atoms with Crippen LogP contribution in [0.5, 0.6) is 0 Å². The minimum Gasteiger partial charge on any atom is -0.481 e. The SMILES string of the molecule is CC1(C(=O)O)CCCN(C(=O)C2(C#N)CCCC2)C1. The van der Waals surface area contributed by atoms with E-state index in [9.17, 15) is 20.0 Å². The van der Waals surface area contributed by atoms with Crippen molar-refractivity contribution < 1.29 is 14.7 Å². The molecule has 19 heavy (non-hydrogen) atoms. The molecule has 1 saturated carbocycles. The molecular weight excluding hydrogens is 244 g/mol. The van der Waals surface area contributed by atoms with E-state index in [1.165, 1.54) is 0 Å². The number of nitriles is 1. The number of hydrogen-bond acceptors (Lipinski definition) is 3. The second-order valence-corrected chi connectivity index (χ2v) is 6.10. The number of likely N-dealkylation sites (tertiary alicyclic amines) is 1. The van der Waals surface area contributed by atoms with Gasteiger partial charge in [-0.2, -0.15) is 5.26 Å². The van der Waals surface area contributed by atoms with Gasteiger partial charge >= 0.3 is 5.97 Å². The zero-order valence-corrected chi connectivity index (χ0v) is 11.3. The molecule has 0 aromatic heterocycles. The smallest absolute Gasteiger partial charge is 0.311 e. The molecule has 104 valence electrons. The average molecular weight is 264 g/mol. The Bertz CT molecular complexity index is 434. The number of rotatable bonds is 2. The predicted octanol–water partition coefficient (Wildman–Crippen LogP) is 1.78. The summed E-state index contributed by atoms with van der Waals surface area (Å²) in [4.78, 5) is 25.5. The van der Waals surface area contributed by atoms with E-state index in [0.29, 0.717) is 32.2 Å². The second kappa shape index (κ2) is 4.84. The number of piperidine rings is 1. The molecule has 0 aromatic carbocycles. The molecule has 0 spiro atoms. The molecule has 1 amide bonds. The molecule has 1 atom stereocenters. The third-order valence-electron chi connectivity index (χ3n) is 4.58. The number of carbonyl (C=O) groups is 2. The first-order valence-electron chi connectivity index (χ1n) is 6.88. The molecule has 1 aliphatic carbocycles.